The zero-order chi connectivity index (χ0) is 21.9. The Labute approximate surface area is 203 Å². The van der Waals surface area contributed by atoms with Crippen LogP contribution in [0.3, 0.4) is 0 Å². The summed E-state index contributed by atoms with van der Waals surface area (Å²) >= 11 is 0. The summed E-state index contributed by atoms with van der Waals surface area (Å²) in [7, 11) is 2.06. The fourth-order valence-electron chi connectivity index (χ4n) is 4.10. The largest absolute Gasteiger partial charge is 1.00 e. The van der Waals surface area contributed by atoms with Crippen LogP contribution in [0.15, 0.2) is 18.3 Å². The number of aliphatic hydroxyl groups is 1. The van der Waals surface area contributed by atoms with Crippen molar-refractivity contribution in [1.29, 1.82) is 0 Å². The van der Waals surface area contributed by atoms with Gasteiger partial charge in [-0.2, -0.15) is 0 Å². The summed E-state index contributed by atoms with van der Waals surface area (Å²) in [6, 6.07) is 0. The number of aromatic amines is 1. The lowest BCUT2D eigenvalue weighted by Crippen LogP contribution is -3.00. The summed E-state index contributed by atoms with van der Waals surface area (Å²) < 4.78 is 2.12. The average Bonchev–Trinajstić information content (AvgIpc) is 3.10. The molecule has 0 aromatic carbocycles. The quantitative estimate of drug-likeness (QED) is 0.153. The van der Waals surface area contributed by atoms with Crippen LogP contribution in [0.25, 0.3) is 0 Å². The van der Waals surface area contributed by atoms with Crippen LogP contribution >= 0.6 is 0 Å². The van der Waals surface area contributed by atoms with Crippen molar-refractivity contribution < 1.29 is 26.7 Å². The molecule has 0 bridgehead atoms. The summed E-state index contributed by atoms with van der Waals surface area (Å²) in [5.74, 6) is 1.23. The predicted molar refractivity (Wildman–Crippen MR) is 130 cm³/mol. The van der Waals surface area contributed by atoms with Crippen LogP contribution in [-0.4, -0.2) is 10.1 Å². The van der Waals surface area contributed by atoms with Crippen molar-refractivity contribution in [2.24, 2.45) is 7.05 Å². The predicted octanol–water partition coefficient (Wildman–Crippen LogP) is 4.65. The lowest BCUT2D eigenvalue weighted by molar-refractivity contribution is -0.678. The third-order valence-corrected chi connectivity index (χ3v) is 6.17. The van der Waals surface area contributed by atoms with E-state index in [-0.39, 0.29) is 17.0 Å². The molecule has 1 atom stereocenters. The SMILES string of the molecule is CCCCCCCCCCC=CCCCCCCCCCc1[nH]c(C(C)O)c[n+]1C.[Br-]. The Morgan fingerprint density at radius 3 is 1.71 bits per heavy atom. The number of nitrogens with one attached hydrogen (secondary N) is 1. The van der Waals surface area contributed by atoms with Gasteiger partial charge in [0.05, 0.1) is 7.05 Å². The second-order valence-electron chi connectivity index (χ2n) is 9.19. The van der Waals surface area contributed by atoms with Gasteiger partial charge in [0.25, 0.3) is 5.82 Å². The summed E-state index contributed by atoms with van der Waals surface area (Å²) in [4.78, 5) is 3.35. The van der Waals surface area contributed by atoms with E-state index in [0.29, 0.717) is 0 Å². The highest BCUT2D eigenvalue weighted by molar-refractivity contribution is 4.97. The molecule has 1 aromatic rings. The number of unbranched alkanes of at least 4 members (excludes halogenated alkanes) is 15. The molecule has 1 unspecified atom stereocenters. The maximum absolute atomic E-state index is 9.65. The summed E-state index contributed by atoms with van der Waals surface area (Å²) in [5, 5.41) is 9.65. The molecule has 1 heterocycles. The van der Waals surface area contributed by atoms with Gasteiger partial charge in [0.1, 0.15) is 12.3 Å². The number of hydrogen-bond donors (Lipinski definition) is 2. The standard InChI is InChI=1S/C27H50N2O.BrH/c1-4-5-6-7-8-9-10-11-12-13-14-15-16-17-18-19-20-21-22-23-27-28-26(25(2)30)24-29(27)3;/h13-14,24-25,30H,4-12,15-23H2,1-3H3;1H. The van der Waals surface area contributed by atoms with Crippen LogP contribution in [-0.2, 0) is 13.5 Å². The number of aromatic nitrogens is 2. The fourth-order valence-corrected chi connectivity index (χ4v) is 4.10. The molecule has 0 aliphatic rings. The summed E-state index contributed by atoms with van der Waals surface area (Å²) in [6.45, 7) is 4.10. The molecule has 0 radical (unpaired) electrons. The summed E-state index contributed by atoms with van der Waals surface area (Å²) in [6.07, 6.45) is 30.8. The molecule has 0 amide bonds. The Balaban J connectivity index is 0.00000900. The minimum atomic E-state index is -0.412. The van der Waals surface area contributed by atoms with Crippen molar-refractivity contribution in [3.05, 3.63) is 29.9 Å². The minimum absolute atomic E-state index is 0. The van der Waals surface area contributed by atoms with Crippen molar-refractivity contribution in [2.45, 2.75) is 136 Å². The molecule has 0 fully saturated rings. The second-order valence-corrected chi connectivity index (χ2v) is 9.19. The number of rotatable bonds is 20. The monoisotopic (exact) mass is 498 g/mol. The lowest BCUT2D eigenvalue weighted by atomic mass is 10.1. The average molecular weight is 500 g/mol. The zero-order valence-electron chi connectivity index (χ0n) is 20.8. The van der Waals surface area contributed by atoms with Crippen LogP contribution in [0.5, 0.6) is 0 Å². The van der Waals surface area contributed by atoms with Gasteiger partial charge in [-0.05, 0) is 39.0 Å². The second kappa shape index (κ2) is 21.2. The molecule has 4 heteroatoms. The number of H-pyrrole nitrogens is 1. The molecule has 1 rings (SSSR count). The maximum atomic E-state index is 9.65. The number of hydrogen-bond acceptors (Lipinski definition) is 1. The number of nitrogens with zero attached hydrogens (tertiary/aromatic N) is 1. The van der Waals surface area contributed by atoms with Crippen molar-refractivity contribution in [3.8, 4) is 0 Å². The molecule has 0 aliphatic carbocycles. The molecular weight excluding hydrogens is 448 g/mol. The topological polar surface area (TPSA) is 39.9 Å². The number of aryl methyl sites for hydroxylation is 2. The first-order valence-electron chi connectivity index (χ1n) is 13.1. The number of imidazole rings is 1. The fraction of sp³-hybridized carbons (Fsp3) is 0.815. The van der Waals surface area contributed by atoms with Gasteiger partial charge in [-0.15, -0.1) is 0 Å². The van der Waals surface area contributed by atoms with Gasteiger partial charge < -0.3 is 22.1 Å². The lowest BCUT2D eigenvalue weighted by Gasteiger charge is -2.01. The van der Waals surface area contributed by atoms with Crippen LogP contribution in [0, 0.1) is 0 Å². The molecule has 0 aliphatic heterocycles. The van der Waals surface area contributed by atoms with E-state index >= 15 is 0 Å². The van der Waals surface area contributed by atoms with Crippen LogP contribution in [0.2, 0.25) is 0 Å². The highest BCUT2D eigenvalue weighted by Crippen LogP contribution is 2.13. The molecule has 3 nitrogen and oxygen atoms in total. The Morgan fingerprint density at radius 2 is 1.26 bits per heavy atom. The molecule has 1 aromatic heterocycles. The Kier molecular flexibility index (Phi) is 20.8. The first-order chi connectivity index (χ1) is 14.6. The van der Waals surface area contributed by atoms with E-state index in [1.807, 2.05) is 13.1 Å². The third kappa shape index (κ3) is 16.7. The third-order valence-electron chi connectivity index (χ3n) is 6.17. The minimum Gasteiger partial charge on any atom is -1.00 e. The Morgan fingerprint density at radius 1 is 0.806 bits per heavy atom. The van der Waals surface area contributed by atoms with Crippen LogP contribution in [0.4, 0.5) is 0 Å². The van der Waals surface area contributed by atoms with Crippen molar-refractivity contribution in [1.82, 2.24) is 4.98 Å². The van der Waals surface area contributed by atoms with Crippen LogP contribution < -0.4 is 21.5 Å². The van der Waals surface area contributed by atoms with Crippen LogP contribution in [0.1, 0.15) is 141 Å². The molecule has 0 saturated heterocycles. The van der Waals surface area contributed by atoms with E-state index in [2.05, 4.69) is 35.7 Å². The first-order valence-corrected chi connectivity index (χ1v) is 13.1. The van der Waals surface area contributed by atoms with Gasteiger partial charge in [0, 0.05) is 6.42 Å². The van der Waals surface area contributed by atoms with Gasteiger partial charge in [-0.3, -0.25) is 0 Å². The molecule has 0 saturated carbocycles. The molecule has 182 valence electrons. The number of aliphatic hydroxyl groups excluding tert-OH is 1. The van der Waals surface area contributed by atoms with E-state index in [9.17, 15) is 5.11 Å². The molecule has 0 spiro atoms. The van der Waals surface area contributed by atoms with E-state index < -0.39 is 6.10 Å². The number of allylic oxidation sites excluding steroid dienone is 2. The first kappa shape index (κ1) is 30.4. The van der Waals surface area contributed by atoms with Gasteiger partial charge in [0.15, 0.2) is 5.69 Å². The normalized spacial score (nSPS) is 12.4. The molecular formula is C27H51BrN2O. The van der Waals surface area contributed by atoms with Gasteiger partial charge in [-0.1, -0.05) is 96.1 Å². The van der Waals surface area contributed by atoms with Gasteiger partial charge in [0.2, 0.25) is 0 Å². The Bertz CT molecular complexity index is 539. The Hall–Kier alpha value is -0.610. The van der Waals surface area contributed by atoms with Crippen molar-refractivity contribution in [3.63, 3.8) is 0 Å². The van der Waals surface area contributed by atoms with E-state index in [0.717, 1.165) is 12.1 Å². The van der Waals surface area contributed by atoms with E-state index in [1.165, 1.54) is 115 Å². The molecule has 31 heavy (non-hydrogen) atoms. The highest BCUT2D eigenvalue weighted by atomic mass is 79.9. The molecule has 2 N–H and O–H groups in total. The summed E-state index contributed by atoms with van der Waals surface area (Å²) in [5.41, 5.74) is 0.916. The maximum Gasteiger partial charge on any atom is 0.254 e. The zero-order valence-corrected chi connectivity index (χ0v) is 22.4. The van der Waals surface area contributed by atoms with Crippen molar-refractivity contribution in [2.75, 3.05) is 0 Å². The van der Waals surface area contributed by atoms with Gasteiger partial charge >= 0.3 is 0 Å². The van der Waals surface area contributed by atoms with Gasteiger partial charge in [-0.25, -0.2) is 9.55 Å². The smallest absolute Gasteiger partial charge is 0.254 e. The van der Waals surface area contributed by atoms with Crippen molar-refractivity contribution >= 4 is 0 Å². The number of halogens is 1. The van der Waals surface area contributed by atoms with E-state index in [1.54, 1.807) is 0 Å². The van der Waals surface area contributed by atoms with E-state index in [4.69, 9.17) is 0 Å². The highest BCUT2D eigenvalue weighted by Gasteiger charge is 2.15.